The monoisotopic (exact) mass is 551 g/mol. The second kappa shape index (κ2) is 13.0. The topological polar surface area (TPSA) is 86.6 Å². The van der Waals surface area contributed by atoms with Gasteiger partial charge in [0.05, 0.1) is 23.9 Å². The molecule has 7 nitrogen and oxygen atoms in total. The van der Waals surface area contributed by atoms with E-state index in [-0.39, 0.29) is 37.9 Å². The average molecular weight is 552 g/mol. The van der Waals surface area contributed by atoms with E-state index in [4.69, 9.17) is 18.5 Å². The lowest BCUT2D eigenvalue weighted by atomic mass is 9.93. The summed E-state index contributed by atoms with van der Waals surface area (Å²) in [5.41, 5.74) is -2.32. The number of phosphoric acid groups is 1. The van der Waals surface area contributed by atoms with Gasteiger partial charge in [0.1, 0.15) is 17.9 Å². The maximum atomic E-state index is 13.9. The van der Waals surface area contributed by atoms with Crippen LogP contribution >= 0.6 is 7.82 Å². The molecule has 0 spiro atoms. The van der Waals surface area contributed by atoms with Crippen molar-refractivity contribution in [1.29, 1.82) is 0 Å². The van der Waals surface area contributed by atoms with Crippen LogP contribution < -0.4 is 4.74 Å². The number of hydrogen-bond acceptors (Lipinski definition) is 6. The molecule has 0 saturated heterocycles. The number of benzene rings is 1. The molecule has 0 saturated carbocycles. The van der Waals surface area contributed by atoms with E-state index in [0.29, 0.717) is 17.9 Å². The van der Waals surface area contributed by atoms with Crippen LogP contribution in [0.3, 0.4) is 0 Å². The number of unbranched alkanes of at least 4 members (excludes halogenated alkanes) is 3. The quantitative estimate of drug-likeness (QED) is 0.190. The lowest BCUT2D eigenvalue weighted by Gasteiger charge is -2.28. The van der Waals surface area contributed by atoms with E-state index < -0.39 is 30.7 Å². The van der Waals surface area contributed by atoms with E-state index >= 15 is 0 Å². The van der Waals surface area contributed by atoms with Crippen molar-refractivity contribution in [2.45, 2.75) is 110 Å². The highest BCUT2D eigenvalue weighted by atomic mass is 31.2. The number of rotatable bonds is 14. The first-order valence-electron chi connectivity index (χ1n) is 12.8. The predicted octanol–water partition coefficient (Wildman–Crippen LogP) is 7.50. The minimum atomic E-state index is -4.58. The van der Waals surface area contributed by atoms with Crippen molar-refractivity contribution in [3.8, 4) is 5.75 Å². The number of hydrogen-bond donors (Lipinski definition) is 1. The summed E-state index contributed by atoms with van der Waals surface area (Å²) in [5, 5.41) is 0. The summed E-state index contributed by atoms with van der Waals surface area (Å²) < 4.78 is 75.4. The van der Waals surface area contributed by atoms with Gasteiger partial charge in [-0.25, -0.2) is 9.56 Å². The van der Waals surface area contributed by atoms with Gasteiger partial charge in [-0.2, -0.15) is 13.2 Å². The number of aliphatic imine (C=N–C) groups is 1. The molecule has 2 rings (SSSR count). The summed E-state index contributed by atoms with van der Waals surface area (Å²) in [7, 11) is -4.38. The number of aryl methyl sites for hydroxylation is 1. The molecule has 2 unspecified atom stereocenters. The Hall–Kier alpha value is -1.61. The van der Waals surface area contributed by atoms with Crippen molar-refractivity contribution in [2.24, 2.45) is 4.99 Å². The number of nitrogens with zero attached hydrogens (tertiary/aromatic N) is 1. The third-order valence-corrected chi connectivity index (χ3v) is 7.08. The molecule has 212 valence electrons. The first-order valence-corrected chi connectivity index (χ1v) is 14.3. The predicted molar refractivity (Wildman–Crippen MR) is 137 cm³/mol. The highest BCUT2D eigenvalue weighted by molar-refractivity contribution is 7.47. The van der Waals surface area contributed by atoms with E-state index in [0.717, 1.165) is 31.7 Å². The Bertz CT molecular complexity index is 963. The molecule has 0 aromatic heterocycles. The normalized spacial score (nSPS) is 20.8. The molecular formula is C26H41F3NO6P. The maximum Gasteiger partial charge on any atom is 0.472 e. The summed E-state index contributed by atoms with van der Waals surface area (Å²) in [6, 6.07) is 4.07. The van der Waals surface area contributed by atoms with Crippen molar-refractivity contribution < 1.29 is 41.2 Å². The summed E-state index contributed by atoms with van der Waals surface area (Å²) in [4.78, 5) is 14.5. The van der Waals surface area contributed by atoms with Crippen LogP contribution in [0.5, 0.6) is 5.75 Å². The highest BCUT2D eigenvalue weighted by Gasteiger charge is 2.40. The van der Waals surface area contributed by atoms with Crippen LogP contribution in [-0.2, 0) is 30.9 Å². The Morgan fingerprint density at radius 1 is 1.22 bits per heavy atom. The molecular weight excluding hydrogens is 510 g/mol. The molecule has 0 bridgehead atoms. The zero-order valence-corrected chi connectivity index (χ0v) is 23.6. The van der Waals surface area contributed by atoms with Gasteiger partial charge in [0.15, 0.2) is 5.90 Å². The molecule has 1 aliphatic heterocycles. The number of alkyl halides is 3. The molecule has 0 amide bonds. The van der Waals surface area contributed by atoms with Gasteiger partial charge in [-0.1, -0.05) is 32.3 Å². The Balaban J connectivity index is 2.13. The Kier molecular flexibility index (Phi) is 11.1. The van der Waals surface area contributed by atoms with E-state index in [1.165, 1.54) is 6.07 Å². The Morgan fingerprint density at radius 3 is 2.49 bits per heavy atom. The number of ether oxygens (including phenoxy) is 2. The lowest BCUT2D eigenvalue weighted by molar-refractivity contribution is -0.139. The Morgan fingerprint density at radius 2 is 1.92 bits per heavy atom. The van der Waals surface area contributed by atoms with Gasteiger partial charge >= 0.3 is 14.0 Å². The van der Waals surface area contributed by atoms with E-state index in [2.05, 4.69) is 11.9 Å². The highest BCUT2D eigenvalue weighted by Crippen LogP contribution is 2.48. The van der Waals surface area contributed by atoms with Crippen LogP contribution in [0.15, 0.2) is 23.2 Å². The fraction of sp³-hybridized carbons (Fsp3) is 0.731. The van der Waals surface area contributed by atoms with Crippen molar-refractivity contribution >= 4 is 13.7 Å². The third kappa shape index (κ3) is 11.0. The van der Waals surface area contributed by atoms with Gasteiger partial charge in [0, 0.05) is 6.92 Å². The van der Waals surface area contributed by atoms with Crippen LogP contribution in [-0.4, -0.2) is 41.2 Å². The maximum absolute atomic E-state index is 13.9. The summed E-state index contributed by atoms with van der Waals surface area (Å²) >= 11 is 0. The van der Waals surface area contributed by atoms with Crippen LogP contribution in [0.4, 0.5) is 13.2 Å². The second-order valence-electron chi connectivity index (χ2n) is 10.7. The molecule has 1 N–H and O–H groups in total. The zero-order chi connectivity index (χ0) is 27.9. The lowest BCUT2D eigenvalue weighted by Crippen LogP contribution is -2.35. The molecule has 3 atom stereocenters. The minimum Gasteiger partial charge on any atom is -0.490 e. The van der Waals surface area contributed by atoms with E-state index in [1.54, 1.807) is 40.7 Å². The SMILES string of the molecule is CCCCCC[C@@H](C)Oc1ccc(CCC2(COP(=O)(O)OC(C)(C)C)COC(C)=N2)cc1C(F)(F)F. The fourth-order valence-corrected chi connectivity index (χ4v) is 5.20. The number of phosphoric ester groups is 1. The zero-order valence-electron chi connectivity index (χ0n) is 22.7. The molecule has 0 aliphatic carbocycles. The van der Waals surface area contributed by atoms with Crippen molar-refractivity contribution in [3.63, 3.8) is 0 Å². The van der Waals surface area contributed by atoms with Gasteiger partial charge in [-0.3, -0.25) is 9.05 Å². The van der Waals surface area contributed by atoms with Crippen LogP contribution in [0, 0.1) is 0 Å². The minimum absolute atomic E-state index is 0.0806. The first-order chi connectivity index (χ1) is 17.0. The van der Waals surface area contributed by atoms with E-state index in [1.807, 2.05) is 0 Å². The average Bonchev–Trinajstić information content (AvgIpc) is 3.13. The smallest absolute Gasteiger partial charge is 0.472 e. The van der Waals surface area contributed by atoms with Crippen LogP contribution in [0.2, 0.25) is 0 Å². The van der Waals surface area contributed by atoms with Crippen LogP contribution in [0.25, 0.3) is 0 Å². The standard InChI is InChI=1S/C26H41F3NO6P/c1-7-8-9-10-11-19(2)35-23-13-12-21(16-22(23)26(27,28)29)14-15-25(17-33-20(3)30-25)18-34-37(31,32)36-24(4,5)6/h12-13,16,19H,7-11,14-15,17-18H2,1-6H3,(H,31,32)/t19-,25?/m1/s1. The fourth-order valence-electron chi connectivity index (χ4n) is 4.05. The van der Waals surface area contributed by atoms with E-state index in [9.17, 15) is 22.6 Å². The van der Waals surface area contributed by atoms with Crippen molar-refractivity contribution in [1.82, 2.24) is 0 Å². The largest absolute Gasteiger partial charge is 0.490 e. The Labute approximate surface area is 218 Å². The molecule has 37 heavy (non-hydrogen) atoms. The summed E-state index contributed by atoms with van der Waals surface area (Å²) in [5.74, 6) is 0.191. The molecule has 1 aromatic carbocycles. The van der Waals surface area contributed by atoms with Gasteiger partial charge in [0.2, 0.25) is 0 Å². The first kappa shape index (κ1) is 31.6. The third-order valence-electron chi connectivity index (χ3n) is 5.85. The van der Waals surface area contributed by atoms with Gasteiger partial charge in [-0.15, -0.1) is 0 Å². The summed E-state index contributed by atoms with van der Waals surface area (Å²) in [6.45, 7) is 10.2. The van der Waals surface area contributed by atoms with Gasteiger partial charge in [-0.05, 0) is 71.1 Å². The summed E-state index contributed by atoms with van der Waals surface area (Å²) in [6.07, 6.45) is 0.351. The van der Waals surface area contributed by atoms with Gasteiger partial charge in [0.25, 0.3) is 0 Å². The van der Waals surface area contributed by atoms with Crippen LogP contribution in [0.1, 0.15) is 91.2 Å². The van der Waals surface area contributed by atoms with Crippen molar-refractivity contribution in [3.05, 3.63) is 29.3 Å². The second-order valence-corrected chi connectivity index (χ2v) is 12.1. The molecule has 1 aromatic rings. The molecule has 11 heteroatoms. The molecule has 0 fully saturated rings. The molecule has 1 aliphatic rings. The number of halogens is 3. The van der Waals surface area contributed by atoms with Gasteiger partial charge < -0.3 is 14.4 Å². The molecule has 0 radical (unpaired) electrons. The molecule has 1 heterocycles. The van der Waals surface area contributed by atoms with Crippen molar-refractivity contribution in [2.75, 3.05) is 13.2 Å².